The van der Waals surface area contributed by atoms with Crippen molar-refractivity contribution in [1.29, 1.82) is 0 Å². The summed E-state index contributed by atoms with van der Waals surface area (Å²) in [5.41, 5.74) is 2.34. The molecule has 128 valence electrons. The molecule has 1 saturated heterocycles. The van der Waals surface area contributed by atoms with Gasteiger partial charge < -0.3 is 10.1 Å². The highest BCUT2D eigenvalue weighted by Crippen LogP contribution is 2.45. The molecule has 1 amide bonds. The van der Waals surface area contributed by atoms with E-state index in [9.17, 15) is 9.59 Å². The minimum absolute atomic E-state index is 0.0544. The number of fused-ring (bicyclic) bond motifs is 1. The zero-order valence-electron chi connectivity index (χ0n) is 13.2. The molecule has 1 N–H and O–H groups in total. The second-order valence-corrected chi connectivity index (χ2v) is 9.32. The average molecular weight is 390 g/mol. The third-order valence-electron chi connectivity index (χ3n) is 3.83. The Labute approximate surface area is 158 Å². The fourth-order valence-electron chi connectivity index (χ4n) is 2.62. The Morgan fingerprint density at radius 1 is 1.08 bits per heavy atom. The molecule has 4 nitrogen and oxygen atoms in total. The third-order valence-corrected chi connectivity index (χ3v) is 8.01. The number of rotatable bonds is 3. The molecule has 2 heterocycles. The van der Waals surface area contributed by atoms with Crippen LogP contribution in [0.1, 0.15) is 20.5 Å². The maximum Gasteiger partial charge on any atom is 0.343 e. The van der Waals surface area contributed by atoms with E-state index < -0.39 is 5.97 Å². The van der Waals surface area contributed by atoms with Crippen molar-refractivity contribution in [1.82, 2.24) is 0 Å². The molecule has 0 unspecified atom stereocenters. The lowest BCUT2D eigenvalue weighted by Gasteiger charge is -2.16. The van der Waals surface area contributed by atoms with Crippen LogP contribution in [-0.2, 0) is 4.79 Å². The maximum absolute atomic E-state index is 12.4. The SMILES string of the molecule is O=C1CSc2ccc(C(=O)Oc3ccc(C4SCCS4)cc3)cc2N1. The number of amides is 1. The number of nitrogens with one attached hydrogen (secondary N) is 1. The summed E-state index contributed by atoms with van der Waals surface area (Å²) < 4.78 is 5.94. The molecular formula is C18H15NO3S3. The standard InChI is InChI=1S/C18H15NO3S3/c20-16-10-25-15-6-3-12(9-14(15)19-16)17(21)22-13-4-1-11(2-5-13)18-23-7-8-24-18/h1-6,9,18H,7-8,10H2,(H,19,20). The molecule has 1 fully saturated rings. The molecule has 0 atom stereocenters. The van der Waals surface area contributed by atoms with E-state index in [1.165, 1.54) is 28.8 Å². The molecule has 2 aliphatic heterocycles. The lowest BCUT2D eigenvalue weighted by atomic mass is 10.2. The fourth-order valence-corrected chi connectivity index (χ4v) is 6.27. The van der Waals surface area contributed by atoms with E-state index in [0.29, 0.717) is 27.3 Å². The van der Waals surface area contributed by atoms with Crippen molar-refractivity contribution in [2.24, 2.45) is 0 Å². The van der Waals surface area contributed by atoms with Gasteiger partial charge in [-0.15, -0.1) is 35.3 Å². The van der Waals surface area contributed by atoms with E-state index in [4.69, 9.17) is 4.74 Å². The Kier molecular flexibility index (Phi) is 4.96. The molecule has 0 aliphatic carbocycles. The predicted molar refractivity (Wildman–Crippen MR) is 105 cm³/mol. The molecule has 25 heavy (non-hydrogen) atoms. The van der Waals surface area contributed by atoms with Crippen molar-refractivity contribution in [3.8, 4) is 5.75 Å². The zero-order valence-corrected chi connectivity index (χ0v) is 15.6. The molecule has 0 saturated carbocycles. The summed E-state index contributed by atoms with van der Waals surface area (Å²) in [7, 11) is 0. The Bertz CT molecular complexity index is 817. The molecule has 4 rings (SSSR count). The largest absolute Gasteiger partial charge is 0.423 e. The maximum atomic E-state index is 12.4. The van der Waals surface area contributed by atoms with Gasteiger partial charge in [-0.3, -0.25) is 4.79 Å². The lowest BCUT2D eigenvalue weighted by Crippen LogP contribution is -2.19. The van der Waals surface area contributed by atoms with Crippen LogP contribution in [0.4, 0.5) is 5.69 Å². The smallest absolute Gasteiger partial charge is 0.343 e. The monoisotopic (exact) mass is 389 g/mol. The van der Waals surface area contributed by atoms with Crippen LogP contribution in [0, 0.1) is 0 Å². The van der Waals surface area contributed by atoms with Crippen molar-refractivity contribution < 1.29 is 14.3 Å². The van der Waals surface area contributed by atoms with Gasteiger partial charge in [0.15, 0.2) is 0 Å². The van der Waals surface area contributed by atoms with Crippen LogP contribution in [0.3, 0.4) is 0 Å². The van der Waals surface area contributed by atoms with Crippen molar-refractivity contribution >= 4 is 52.8 Å². The van der Waals surface area contributed by atoms with Crippen LogP contribution in [0.25, 0.3) is 0 Å². The normalized spacial score (nSPS) is 17.0. The third kappa shape index (κ3) is 3.83. The number of carbonyl (C=O) groups is 2. The number of ether oxygens (including phenoxy) is 1. The van der Waals surface area contributed by atoms with Gasteiger partial charge in [0.2, 0.25) is 5.91 Å². The van der Waals surface area contributed by atoms with Gasteiger partial charge >= 0.3 is 5.97 Å². The first-order valence-electron chi connectivity index (χ1n) is 7.81. The average Bonchev–Trinajstić information content (AvgIpc) is 3.16. The molecule has 0 aromatic heterocycles. The summed E-state index contributed by atoms with van der Waals surface area (Å²) >= 11 is 5.35. The van der Waals surface area contributed by atoms with Gasteiger partial charge in [-0.1, -0.05) is 12.1 Å². The number of hydrogen-bond acceptors (Lipinski definition) is 6. The van der Waals surface area contributed by atoms with E-state index in [0.717, 1.165) is 4.90 Å². The number of esters is 1. The summed E-state index contributed by atoms with van der Waals surface area (Å²) in [5, 5.41) is 2.79. The number of thioether (sulfide) groups is 3. The quantitative estimate of drug-likeness (QED) is 0.619. The molecule has 2 aromatic carbocycles. The van der Waals surface area contributed by atoms with Crippen molar-refractivity contribution in [3.05, 3.63) is 53.6 Å². The van der Waals surface area contributed by atoms with Gasteiger partial charge in [0.1, 0.15) is 5.75 Å². The second kappa shape index (κ2) is 7.35. The predicted octanol–water partition coefficient (Wildman–Crippen LogP) is 4.43. The molecule has 0 radical (unpaired) electrons. The minimum atomic E-state index is -0.426. The Balaban J connectivity index is 1.46. The van der Waals surface area contributed by atoms with Gasteiger partial charge in [0, 0.05) is 16.4 Å². The summed E-state index contributed by atoms with van der Waals surface area (Å²) in [6, 6.07) is 12.9. The van der Waals surface area contributed by atoms with Crippen LogP contribution in [0.5, 0.6) is 5.75 Å². The van der Waals surface area contributed by atoms with Gasteiger partial charge in [0.05, 0.1) is 21.6 Å². The number of anilines is 1. The highest BCUT2D eigenvalue weighted by molar-refractivity contribution is 8.19. The lowest BCUT2D eigenvalue weighted by molar-refractivity contribution is -0.113. The molecular weight excluding hydrogens is 374 g/mol. The summed E-state index contributed by atoms with van der Waals surface area (Å²) in [6.07, 6.45) is 0. The molecule has 2 aliphatic rings. The highest BCUT2D eigenvalue weighted by Gasteiger charge is 2.20. The summed E-state index contributed by atoms with van der Waals surface area (Å²) in [5.74, 6) is 2.81. The van der Waals surface area contributed by atoms with Crippen LogP contribution in [-0.4, -0.2) is 29.1 Å². The van der Waals surface area contributed by atoms with Crippen molar-refractivity contribution in [2.75, 3.05) is 22.6 Å². The highest BCUT2D eigenvalue weighted by atomic mass is 32.2. The van der Waals surface area contributed by atoms with Crippen LogP contribution in [0.2, 0.25) is 0 Å². The van der Waals surface area contributed by atoms with E-state index >= 15 is 0 Å². The first-order chi connectivity index (χ1) is 12.2. The zero-order chi connectivity index (χ0) is 17.2. The van der Waals surface area contributed by atoms with E-state index in [2.05, 4.69) is 5.32 Å². The Morgan fingerprint density at radius 3 is 2.60 bits per heavy atom. The van der Waals surface area contributed by atoms with Crippen molar-refractivity contribution in [3.63, 3.8) is 0 Å². The fraction of sp³-hybridized carbons (Fsp3) is 0.222. The summed E-state index contributed by atoms with van der Waals surface area (Å²) in [6.45, 7) is 0. The number of carbonyl (C=O) groups excluding carboxylic acids is 2. The molecule has 0 bridgehead atoms. The first kappa shape index (κ1) is 16.9. The van der Waals surface area contributed by atoms with Crippen LogP contribution >= 0.6 is 35.3 Å². The Morgan fingerprint density at radius 2 is 1.84 bits per heavy atom. The molecule has 7 heteroatoms. The number of hydrogen-bond donors (Lipinski definition) is 1. The minimum Gasteiger partial charge on any atom is -0.423 e. The molecule has 0 spiro atoms. The van der Waals surface area contributed by atoms with Crippen molar-refractivity contribution in [2.45, 2.75) is 9.48 Å². The molecule has 2 aromatic rings. The van der Waals surface area contributed by atoms with E-state index in [-0.39, 0.29) is 5.91 Å². The summed E-state index contributed by atoms with van der Waals surface area (Å²) in [4.78, 5) is 24.8. The van der Waals surface area contributed by atoms with Gasteiger partial charge in [-0.05, 0) is 35.9 Å². The van der Waals surface area contributed by atoms with E-state index in [1.807, 2.05) is 53.9 Å². The van der Waals surface area contributed by atoms with Gasteiger partial charge in [-0.25, -0.2) is 4.79 Å². The van der Waals surface area contributed by atoms with Gasteiger partial charge in [-0.2, -0.15) is 0 Å². The van der Waals surface area contributed by atoms with E-state index in [1.54, 1.807) is 12.1 Å². The first-order valence-corrected chi connectivity index (χ1v) is 10.9. The van der Waals surface area contributed by atoms with Gasteiger partial charge in [0.25, 0.3) is 0 Å². The van der Waals surface area contributed by atoms with Crippen LogP contribution in [0.15, 0.2) is 47.4 Å². The second-order valence-electron chi connectivity index (χ2n) is 5.58. The number of benzene rings is 2. The topological polar surface area (TPSA) is 55.4 Å². The Hall–Kier alpha value is -1.57. The van der Waals surface area contributed by atoms with Crippen LogP contribution < -0.4 is 10.1 Å².